The van der Waals surface area contributed by atoms with Gasteiger partial charge >= 0.3 is 5.97 Å². The normalized spacial score (nSPS) is 22.4. The van der Waals surface area contributed by atoms with Crippen molar-refractivity contribution in [2.45, 2.75) is 18.2 Å². The van der Waals surface area contributed by atoms with Crippen LogP contribution in [0.25, 0.3) is 0 Å². The van der Waals surface area contributed by atoms with Gasteiger partial charge in [-0.1, -0.05) is 18.2 Å². The van der Waals surface area contributed by atoms with Crippen LogP contribution in [0.15, 0.2) is 46.5 Å². The van der Waals surface area contributed by atoms with Gasteiger partial charge in [0.05, 0.1) is 17.4 Å². The molecule has 1 aromatic carbocycles. The maximum absolute atomic E-state index is 13.9. The van der Waals surface area contributed by atoms with E-state index in [1.807, 2.05) is 0 Å². The van der Waals surface area contributed by atoms with Crippen molar-refractivity contribution in [3.8, 4) is 0 Å². The topological polar surface area (TPSA) is 60.4 Å². The number of ether oxygens (including phenoxy) is 1. The molecule has 20 heavy (non-hydrogen) atoms. The van der Waals surface area contributed by atoms with Crippen LogP contribution in [0.5, 0.6) is 0 Å². The van der Waals surface area contributed by atoms with Gasteiger partial charge in [0.25, 0.3) is 0 Å². The standard InChI is InChI=1S/C14H15FO4S/c1-2-19-14(16)12-8-10(12)9-13(15)20(17,18)11-6-4-3-5-7-11/h3-7,9-10,12H,2,8H2,1H3/b13-9-/t10-,12+/m0/s1. The van der Waals surface area contributed by atoms with E-state index in [0.717, 1.165) is 6.08 Å². The van der Waals surface area contributed by atoms with Crippen LogP contribution in [0.1, 0.15) is 13.3 Å². The average molecular weight is 298 g/mol. The fourth-order valence-corrected chi connectivity index (χ4v) is 2.98. The molecular weight excluding hydrogens is 283 g/mol. The van der Waals surface area contributed by atoms with Crippen LogP contribution in [-0.4, -0.2) is 21.0 Å². The van der Waals surface area contributed by atoms with Crippen molar-refractivity contribution < 1.29 is 22.3 Å². The second kappa shape index (κ2) is 5.75. The monoisotopic (exact) mass is 298 g/mol. The summed E-state index contributed by atoms with van der Waals surface area (Å²) in [4.78, 5) is 11.3. The van der Waals surface area contributed by atoms with Gasteiger partial charge in [-0.2, -0.15) is 4.39 Å². The zero-order chi connectivity index (χ0) is 14.8. The van der Waals surface area contributed by atoms with Crippen molar-refractivity contribution in [2.75, 3.05) is 6.61 Å². The number of sulfone groups is 1. The Kier molecular flexibility index (Phi) is 4.23. The molecule has 6 heteroatoms. The number of esters is 1. The van der Waals surface area contributed by atoms with E-state index in [1.54, 1.807) is 13.0 Å². The van der Waals surface area contributed by atoms with E-state index >= 15 is 0 Å². The lowest BCUT2D eigenvalue weighted by molar-refractivity contribution is -0.144. The van der Waals surface area contributed by atoms with Crippen molar-refractivity contribution in [3.05, 3.63) is 41.6 Å². The van der Waals surface area contributed by atoms with Crippen molar-refractivity contribution >= 4 is 15.8 Å². The lowest BCUT2D eigenvalue weighted by Crippen LogP contribution is -2.07. The number of carbonyl (C=O) groups is 1. The molecule has 1 aliphatic carbocycles. The molecule has 0 unspecified atom stereocenters. The molecule has 0 bridgehead atoms. The van der Waals surface area contributed by atoms with Crippen LogP contribution in [0.4, 0.5) is 4.39 Å². The van der Waals surface area contributed by atoms with Crippen molar-refractivity contribution in [3.63, 3.8) is 0 Å². The molecule has 1 aliphatic rings. The molecular formula is C14H15FO4S. The van der Waals surface area contributed by atoms with Crippen molar-refractivity contribution in [2.24, 2.45) is 11.8 Å². The smallest absolute Gasteiger partial charge is 0.309 e. The van der Waals surface area contributed by atoms with E-state index in [4.69, 9.17) is 4.74 Å². The molecule has 4 nitrogen and oxygen atoms in total. The molecule has 2 atom stereocenters. The number of allylic oxidation sites excluding steroid dienone is 1. The minimum atomic E-state index is -4.11. The van der Waals surface area contributed by atoms with E-state index in [2.05, 4.69) is 0 Å². The highest BCUT2D eigenvalue weighted by Crippen LogP contribution is 2.42. The lowest BCUT2D eigenvalue weighted by Gasteiger charge is -2.01. The summed E-state index contributed by atoms with van der Waals surface area (Å²) in [5.74, 6) is -1.22. The largest absolute Gasteiger partial charge is 0.466 e. The summed E-state index contributed by atoms with van der Waals surface area (Å²) in [5.41, 5.74) is 0. The summed E-state index contributed by atoms with van der Waals surface area (Å²) < 4.78 is 42.6. The van der Waals surface area contributed by atoms with Crippen LogP contribution in [0, 0.1) is 11.8 Å². The van der Waals surface area contributed by atoms with E-state index in [0.29, 0.717) is 6.42 Å². The maximum Gasteiger partial charge on any atom is 0.309 e. The van der Waals surface area contributed by atoms with Crippen molar-refractivity contribution in [1.82, 2.24) is 0 Å². The minimum absolute atomic E-state index is 0.0953. The third kappa shape index (κ3) is 3.07. The summed E-state index contributed by atoms with van der Waals surface area (Å²) in [6.45, 7) is 1.95. The zero-order valence-corrected chi connectivity index (χ0v) is 11.8. The lowest BCUT2D eigenvalue weighted by atomic mass is 10.3. The molecule has 0 heterocycles. The highest BCUT2D eigenvalue weighted by atomic mass is 32.2. The van der Waals surface area contributed by atoms with E-state index < -0.39 is 32.8 Å². The number of carbonyl (C=O) groups excluding carboxylic acids is 1. The van der Waals surface area contributed by atoms with Crippen molar-refractivity contribution in [1.29, 1.82) is 0 Å². The third-order valence-electron chi connectivity index (χ3n) is 3.08. The van der Waals surface area contributed by atoms with Gasteiger partial charge in [-0.15, -0.1) is 0 Å². The fourth-order valence-electron chi connectivity index (χ4n) is 1.89. The number of rotatable bonds is 5. The van der Waals surface area contributed by atoms with E-state index in [-0.39, 0.29) is 11.5 Å². The molecule has 0 spiro atoms. The molecule has 0 N–H and O–H groups in total. The Morgan fingerprint density at radius 3 is 2.65 bits per heavy atom. The molecule has 0 amide bonds. The second-order valence-electron chi connectivity index (χ2n) is 4.55. The molecule has 1 aromatic rings. The number of benzene rings is 1. The second-order valence-corrected chi connectivity index (χ2v) is 6.41. The first-order valence-corrected chi connectivity index (χ1v) is 7.79. The van der Waals surface area contributed by atoms with Crippen LogP contribution < -0.4 is 0 Å². The summed E-state index contributed by atoms with van der Waals surface area (Å²) in [5, 5.41) is -1.21. The average Bonchev–Trinajstić information content (AvgIpc) is 3.19. The molecule has 108 valence electrons. The molecule has 2 rings (SSSR count). The predicted molar refractivity (Wildman–Crippen MR) is 71.0 cm³/mol. The number of halogens is 1. The number of hydrogen-bond acceptors (Lipinski definition) is 4. The highest BCUT2D eigenvalue weighted by Gasteiger charge is 2.44. The summed E-state index contributed by atoms with van der Waals surface area (Å²) in [6, 6.07) is 7.37. The van der Waals surface area contributed by atoms with Gasteiger partial charge in [0.2, 0.25) is 15.0 Å². The zero-order valence-electron chi connectivity index (χ0n) is 11.0. The molecule has 1 fully saturated rings. The molecule has 0 radical (unpaired) electrons. The summed E-state index contributed by atoms with van der Waals surface area (Å²) in [7, 11) is -4.11. The van der Waals surface area contributed by atoms with Crippen LogP contribution in [-0.2, 0) is 19.4 Å². The van der Waals surface area contributed by atoms with Gasteiger partial charge in [-0.05, 0) is 37.5 Å². The first-order valence-electron chi connectivity index (χ1n) is 6.31. The Hall–Kier alpha value is -1.69. The van der Waals surface area contributed by atoms with Gasteiger partial charge in [0, 0.05) is 0 Å². The highest BCUT2D eigenvalue weighted by molar-refractivity contribution is 7.95. The fraction of sp³-hybridized carbons (Fsp3) is 0.357. The predicted octanol–water partition coefficient (Wildman–Crippen LogP) is 2.47. The van der Waals surface area contributed by atoms with Gasteiger partial charge < -0.3 is 4.74 Å². The molecule has 0 aromatic heterocycles. The summed E-state index contributed by atoms with van der Waals surface area (Å²) in [6.07, 6.45) is 1.43. The third-order valence-corrected chi connectivity index (χ3v) is 4.63. The van der Waals surface area contributed by atoms with Crippen LogP contribution in [0.3, 0.4) is 0 Å². The molecule has 0 saturated heterocycles. The Balaban J connectivity index is 2.11. The van der Waals surface area contributed by atoms with Gasteiger partial charge in [-0.3, -0.25) is 4.79 Å². The van der Waals surface area contributed by atoms with Crippen LogP contribution in [0.2, 0.25) is 0 Å². The Labute approximate surface area is 117 Å². The van der Waals surface area contributed by atoms with E-state index in [1.165, 1.54) is 24.3 Å². The SMILES string of the molecule is CCOC(=O)[C@@H]1C[C@H]1/C=C(/F)S(=O)(=O)c1ccccc1. The Morgan fingerprint density at radius 1 is 1.40 bits per heavy atom. The maximum atomic E-state index is 13.9. The van der Waals surface area contributed by atoms with E-state index in [9.17, 15) is 17.6 Å². The first kappa shape index (κ1) is 14.7. The number of hydrogen-bond donors (Lipinski definition) is 0. The van der Waals surface area contributed by atoms with Crippen LogP contribution >= 0.6 is 0 Å². The molecule has 1 saturated carbocycles. The molecule has 0 aliphatic heterocycles. The summed E-state index contributed by atoms with van der Waals surface area (Å²) >= 11 is 0. The van der Waals surface area contributed by atoms with Gasteiger partial charge in [0.15, 0.2) is 0 Å². The van der Waals surface area contributed by atoms with Gasteiger partial charge in [-0.25, -0.2) is 8.42 Å². The minimum Gasteiger partial charge on any atom is -0.466 e. The quantitative estimate of drug-likeness (QED) is 0.784. The van der Waals surface area contributed by atoms with Gasteiger partial charge in [0.1, 0.15) is 0 Å². The Bertz CT molecular complexity index is 622. The first-order chi connectivity index (χ1) is 9.46. The Morgan fingerprint density at radius 2 is 2.05 bits per heavy atom.